The Labute approximate surface area is 190 Å². The van der Waals surface area contributed by atoms with Crippen LogP contribution in [0.15, 0.2) is 23.3 Å². The molecule has 1 spiro atoms. The van der Waals surface area contributed by atoms with Crippen LogP contribution in [0.3, 0.4) is 0 Å². The van der Waals surface area contributed by atoms with E-state index in [-0.39, 0.29) is 23.2 Å². The number of aliphatic hydroxyl groups is 1. The normalized spacial score (nSPS) is 49.6. The van der Waals surface area contributed by atoms with Crippen molar-refractivity contribution < 1.29 is 9.84 Å². The van der Waals surface area contributed by atoms with Crippen LogP contribution < -0.4 is 0 Å². The number of epoxide rings is 1. The molecule has 0 aromatic rings. The van der Waals surface area contributed by atoms with Gasteiger partial charge >= 0.3 is 0 Å². The summed E-state index contributed by atoms with van der Waals surface area (Å²) in [4.78, 5) is 0. The third-order valence-corrected chi connectivity index (χ3v) is 11.2. The molecule has 5 rings (SSSR count). The molecule has 4 fully saturated rings. The third kappa shape index (κ3) is 3.10. The summed E-state index contributed by atoms with van der Waals surface area (Å²) < 4.78 is 6.45. The number of aliphatic hydroxyl groups excluding tert-OH is 1. The van der Waals surface area contributed by atoms with Crippen LogP contribution in [0.4, 0.5) is 0 Å². The maximum absolute atomic E-state index is 10.4. The smallest absolute Gasteiger partial charge is 0.107 e. The van der Waals surface area contributed by atoms with Crippen LogP contribution in [0.25, 0.3) is 0 Å². The minimum atomic E-state index is -0.161. The van der Waals surface area contributed by atoms with Crippen LogP contribution in [0.5, 0.6) is 0 Å². The second kappa shape index (κ2) is 7.45. The van der Waals surface area contributed by atoms with Gasteiger partial charge in [0.1, 0.15) is 11.7 Å². The second-order valence-electron chi connectivity index (χ2n) is 12.8. The third-order valence-electron chi connectivity index (χ3n) is 11.2. The van der Waals surface area contributed by atoms with Crippen molar-refractivity contribution >= 4 is 0 Å². The molecular weight excluding hydrogens is 380 g/mol. The molecule has 3 saturated carbocycles. The molecule has 1 saturated heterocycles. The minimum absolute atomic E-state index is 0.0440. The van der Waals surface area contributed by atoms with Crippen molar-refractivity contribution in [1.82, 2.24) is 0 Å². The highest BCUT2D eigenvalue weighted by Crippen LogP contribution is 2.72. The number of rotatable bonds is 5. The van der Waals surface area contributed by atoms with Crippen LogP contribution in [0.1, 0.15) is 99.3 Å². The lowest BCUT2D eigenvalue weighted by Gasteiger charge is -2.56. The van der Waals surface area contributed by atoms with Gasteiger partial charge in [-0.3, -0.25) is 0 Å². The molecule has 4 aliphatic carbocycles. The van der Waals surface area contributed by atoms with E-state index in [1.54, 1.807) is 11.1 Å². The van der Waals surface area contributed by atoms with Gasteiger partial charge in [0.25, 0.3) is 0 Å². The summed E-state index contributed by atoms with van der Waals surface area (Å²) in [6.07, 6.45) is 16.1. The Hall–Kier alpha value is -0.600. The van der Waals surface area contributed by atoms with Crippen molar-refractivity contribution in [1.29, 1.82) is 0 Å². The Morgan fingerprint density at radius 1 is 1.13 bits per heavy atom. The molecule has 0 aromatic carbocycles. The predicted molar refractivity (Wildman–Crippen MR) is 128 cm³/mol. The van der Waals surface area contributed by atoms with E-state index in [0.717, 1.165) is 37.0 Å². The van der Waals surface area contributed by atoms with Crippen molar-refractivity contribution in [2.45, 2.75) is 117 Å². The van der Waals surface area contributed by atoms with Crippen molar-refractivity contribution in [2.75, 3.05) is 0 Å². The van der Waals surface area contributed by atoms with E-state index in [2.05, 4.69) is 53.7 Å². The predicted octanol–water partition coefficient (Wildman–Crippen LogP) is 7.08. The molecule has 9 unspecified atom stereocenters. The number of allylic oxidation sites excluding steroid dienone is 3. The Bertz CT molecular complexity index is 780. The highest BCUT2D eigenvalue weighted by Gasteiger charge is 2.73. The summed E-state index contributed by atoms with van der Waals surface area (Å²) in [5, 5.41) is 10.4. The molecule has 2 nitrogen and oxygen atoms in total. The van der Waals surface area contributed by atoms with Gasteiger partial charge in [0.2, 0.25) is 0 Å². The monoisotopic (exact) mass is 426 g/mol. The molecule has 0 amide bonds. The van der Waals surface area contributed by atoms with Gasteiger partial charge in [-0.15, -0.1) is 0 Å². The lowest BCUT2D eigenvalue weighted by molar-refractivity contribution is -0.0536. The first-order valence-electron chi connectivity index (χ1n) is 13.4. The fourth-order valence-corrected chi connectivity index (χ4v) is 9.24. The summed E-state index contributed by atoms with van der Waals surface area (Å²) >= 11 is 0. The summed E-state index contributed by atoms with van der Waals surface area (Å²) in [7, 11) is 0. The topological polar surface area (TPSA) is 32.8 Å². The average Bonchev–Trinajstić information content (AvgIpc) is 3.29. The Morgan fingerprint density at radius 2 is 1.90 bits per heavy atom. The Kier molecular flexibility index (Phi) is 5.34. The van der Waals surface area contributed by atoms with Gasteiger partial charge in [-0.05, 0) is 93.3 Å². The first kappa shape index (κ1) is 22.2. The molecule has 0 aromatic heterocycles. The quantitative estimate of drug-likeness (QED) is 0.376. The molecule has 31 heavy (non-hydrogen) atoms. The molecule has 2 heteroatoms. The average molecular weight is 427 g/mol. The van der Waals surface area contributed by atoms with Gasteiger partial charge in [-0.2, -0.15) is 0 Å². The summed E-state index contributed by atoms with van der Waals surface area (Å²) in [6, 6.07) is 0. The fourth-order valence-electron chi connectivity index (χ4n) is 9.24. The zero-order chi connectivity index (χ0) is 22.2. The Balaban J connectivity index is 1.36. The second-order valence-corrected chi connectivity index (χ2v) is 12.8. The molecule has 5 aliphatic rings. The molecular formula is C29H46O2. The maximum Gasteiger partial charge on any atom is 0.107 e. The standard InChI is InChI=1S/C29H46O2/c1-7-20(18(2)3)9-8-19(4)23-10-11-24-22-16-26-29(31-26)17-21(30)12-15-28(29,6)25(22)13-14-27(23,24)5/h7,16,18-19,21,23-26,30H,8-15,17H2,1-6H3. The lowest BCUT2D eigenvalue weighted by atomic mass is 9.47. The van der Waals surface area contributed by atoms with E-state index < -0.39 is 0 Å². The maximum atomic E-state index is 10.4. The highest BCUT2D eigenvalue weighted by atomic mass is 16.6. The number of ether oxygens (including phenoxy) is 1. The molecule has 9 atom stereocenters. The highest BCUT2D eigenvalue weighted by molar-refractivity contribution is 5.38. The van der Waals surface area contributed by atoms with Crippen LogP contribution in [-0.4, -0.2) is 22.9 Å². The van der Waals surface area contributed by atoms with Crippen molar-refractivity contribution in [3.05, 3.63) is 23.3 Å². The largest absolute Gasteiger partial charge is 0.393 e. The van der Waals surface area contributed by atoms with Crippen LogP contribution in [-0.2, 0) is 4.74 Å². The summed E-state index contributed by atoms with van der Waals surface area (Å²) in [6.45, 7) is 14.6. The van der Waals surface area contributed by atoms with Gasteiger partial charge in [0.15, 0.2) is 0 Å². The number of hydrogen-bond donors (Lipinski definition) is 1. The SMILES string of the molecule is CC=C(CCC(C)C1CCC2C3=CC4OC45CC(O)CCC5(C)C3CCC21C)C(C)C. The van der Waals surface area contributed by atoms with Gasteiger partial charge in [0.05, 0.1) is 6.10 Å². The van der Waals surface area contributed by atoms with Gasteiger partial charge in [0, 0.05) is 11.8 Å². The van der Waals surface area contributed by atoms with Gasteiger partial charge in [-0.25, -0.2) is 0 Å². The van der Waals surface area contributed by atoms with E-state index in [1.807, 2.05) is 0 Å². The molecule has 1 heterocycles. The van der Waals surface area contributed by atoms with E-state index in [9.17, 15) is 5.11 Å². The molecule has 0 bridgehead atoms. The summed E-state index contributed by atoms with van der Waals surface area (Å²) in [5.74, 6) is 3.79. The van der Waals surface area contributed by atoms with Crippen LogP contribution in [0.2, 0.25) is 0 Å². The van der Waals surface area contributed by atoms with Crippen molar-refractivity contribution in [3.63, 3.8) is 0 Å². The molecule has 1 aliphatic heterocycles. The fraction of sp³-hybridized carbons (Fsp3) is 0.862. The van der Waals surface area contributed by atoms with Gasteiger partial charge in [-0.1, -0.05) is 57.9 Å². The summed E-state index contributed by atoms with van der Waals surface area (Å²) in [5.41, 5.74) is 4.08. The zero-order valence-corrected chi connectivity index (χ0v) is 20.9. The van der Waals surface area contributed by atoms with E-state index in [4.69, 9.17) is 4.74 Å². The molecule has 174 valence electrons. The van der Waals surface area contributed by atoms with Crippen LogP contribution >= 0.6 is 0 Å². The van der Waals surface area contributed by atoms with E-state index in [1.165, 1.54) is 38.5 Å². The van der Waals surface area contributed by atoms with E-state index in [0.29, 0.717) is 17.3 Å². The zero-order valence-electron chi connectivity index (χ0n) is 20.9. The Morgan fingerprint density at radius 3 is 2.61 bits per heavy atom. The van der Waals surface area contributed by atoms with Crippen molar-refractivity contribution in [3.8, 4) is 0 Å². The lowest BCUT2D eigenvalue weighted by Crippen LogP contribution is -2.55. The molecule has 1 N–H and O–H groups in total. The first-order chi connectivity index (χ1) is 14.7. The first-order valence-corrected chi connectivity index (χ1v) is 13.4. The van der Waals surface area contributed by atoms with Gasteiger partial charge < -0.3 is 9.84 Å². The van der Waals surface area contributed by atoms with E-state index >= 15 is 0 Å². The minimum Gasteiger partial charge on any atom is -0.393 e. The molecule has 0 radical (unpaired) electrons. The number of fused-ring (bicyclic) bond motifs is 4. The number of hydrogen-bond acceptors (Lipinski definition) is 2. The van der Waals surface area contributed by atoms with Crippen LogP contribution in [0, 0.1) is 40.4 Å². The van der Waals surface area contributed by atoms with Crippen molar-refractivity contribution in [2.24, 2.45) is 40.4 Å².